The summed E-state index contributed by atoms with van der Waals surface area (Å²) in [7, 11) is 2.01. The number of nitrogens with one attached hydrogen (secondary N) is 1. The minimum atomic E-state index is 0.0172. The second kappa shape index (κ2) is 6.98. The standard InChI is InChI=1S/C18H23N3O2/c1-14-3-5-15(6-4-14)17-8-7-16(20(17)2)13-18(22)19-21-9-11-23-12-10-21/h3-8H,9-13H2,1-2H3,(H,19,22). The van der Waals surface area contributed by atoms with Gasteiger partial charge < -0.3 is 9.30 Å². The van der Waals surface area contributed by atoms with Crippen molar-refractivity contribution >= 4 is 5.91 Å². The summed E-state index contributed by atoms with van der Waals surface area (Å²) >= 11 is 0. The molecule has 1 aliphatic rings. The van der Waals surface area contributed by atoms with E-state index in [1.54, 1.807) is 0 Å². The van der Waals surface area contributed by atoms with Gasteiger partial charge in [-0.2, -0.15) is 0 Å². The molecule has 0 atom stereocenters. The van der Waals surface area contributed by atoms with E-state index in [4.69, 9.17) is 4.74 Å². The van der Waals surface area contributed by atoms with Gasteiger partial charge in [0.25, 0.3) is 0 Å². The first-order chi connectivity index (χ1) is 11.1. The first-order valence-electron chi connectivity index (χ1n) is 7.97. The molecule has 122 valence electrons. The number of hydrazine groups is 1. The molecule has 1 aromatic carbocycles. The van der Waals surface area contributed by atoms with Crippen LogP contribution in [0.5, 0.6) is 0 Å². The molecule has 1 fully saturated rings. The highest BCUT2D eigenvalue weighted by molar-refractivity contribution is 5.78. The van der Waals surface area contributed by atoms with Crippen molar-refractivity contribution in [3.63, 3.8) is 0 Å². The number of aryl methyl sites for hydroxylation is 1. The average Bonchev–Trinajstić information content (AvgIpc) is 2.90. The van der Waals surface area contributed by atoms with Crippen molar-refractivity contribution < 1.29 is 9.53 Å². The molecule has 0 radical (unpaired) electrons. The predicted molar refractivity (Wildman–Crippen MR) is 89.8 cm³/mol. The van der Waals surface area contributed by atoms with Crippen LogP contribution >= 0.6 is 0 Å². The Balaban J connectivity index is 1.66. The quantitative estimate of drug-likeness (QED) is 0.938. The second-order valence-corrected chi connectivity index (χ2v) is 5.95. The second-order valence-electron chi connectivity index (χ2n) is 5.95. The third kappa shape index (κ3) is 3.81. The number of rotatable bonds is 4. The fraction of sp³-hybridized carbons (Fsp3) is 0.389. The molecule has 0 bridgehead atoms. The molecule has 0 spiro atoms. The van der Waals surface area contributed by atoms with E-state index in [0.717, 1.165) is 30.0 Å². The zero-order chi connectivity index (χ0) is 16.2. The van der Waals surface area contributed by atoms with E-state index >= 15 is 0 Å². The molecule has 1 amide bonds. The Morgan fingerprint density at radius 1 is 1.13 bits per heavy atom. The summed E-state index contributed by atoms with van der Waals surface area (Å²) in [5, 5.41) is 1.93. The predicted octanol–water partition coefficient (Wildman–Crippen LogP) is 1.91. The highest BCUT2D eigenvalue weighted by Gasteiger charge is 2.15. The van der Waals surface area contributed by atoms with Crippen LogP contribution in [0.2, 0.25) is 0 Å². The molecule has 0 unspecified atom stereocenters. The van der Waals surface area contributed by atoms with E-state index < -0.39 is 0 Å². The van der Waals surface area contributed by atoms with Crippen LogP contribution in [0.4, 0.5) is 0 Å². The number of hydrogen-bond acceptors (Lipinski definition) is 3. The van der Waals surface area contributed by atoms with Gasteiger partial charge in [-0.3, -0.25) is 10.2 Å². The van der Waals surface area contributed by atoms with E-state index in [1.165, 1.54) is 5.56 Å². The molecular weight excluding hydrogens is 290 g/mol. The van der Waals surface area contributed by atoms with Gasteiger partial charge in [0.05, 0.1) is 19.6 Å². The molecule has 2 heterocycles. The number of carbonyl (C=O) groups excluding carboxylic acids is 1. The Hall–Kier alpha value is -2.11. The Bertz CT molecular complexity index is 670. The van der Waals surface area contributed by atoms with Crippen molar-refractivity contribution in [1.29, 1.82) is 0 Å². The molecular formula is C18H23N3O2. The normalized spacial score (nSPS) is 15.6. The van der Waals surface area contributed by atoms with Crippen LogP contribution in [0.3, 0.4) is 0 Å². The molecule has 23 heavy (non-hydrogen) atoms. The van der Waals surface area contributed by atoms with Crippen molar-refractivity contribution in [3.8, 4) is 11.3 Å². The van der Waals surface area contributed by atoms with Gasteiger partial charge in [0.2, 0.25) is 5.91 Å². The summed E-state index contributed by atoms with van der Waals surface area (Å²) in [4.78, 5) is 12.2. The molecule has 1 aromatic heterocycles. The first-order valence-corrected chi connectivity index (χ1v) is 7.97. The lowest BCUT2D eigenvalue weighted by atomic mass is 10.1. The van der Waals surface area contributed by atoms with Crippen LogP contribution in [0.25, 0.3) is 11.3 Å². The SMILES string of the molecule is Cc1ccc(-c2ccc(CC(=O)NN3CCOCC3)n2C)cc1. The maximum atomic E-state index is 12.2. The fourth-order valence-electron chi connectivity index (χ4n) is 2.80. The Morgan fingerprint density at radius 2 is 1.83 bits per heavy atom. The molecule has 5 nitrogen and oxygen atoms in total. The smallest absolute Gasteiger partial charge is 0.240 e. The maximum Gasteiger partial charge on any atom is 0.240 e. The lowest BCUT2D eigenvalue weighted by Crippen LogP contribution is -2.48. The number of benzene rings is 1. The molecule has 1 N–H and O–H groups in total. The summed E-state index contributed by atoms with van der Waals surface area (Å²) < 4.78 is 7.37. The van der Waals surface area contributed by atoms with Crippen LogP contribution in [0.15, 0.2) is 36.4 Å². The van der Waals surface area contributed by atoms with Crippen molar-refractivity contribution in [2.45, 2.75) is 13.3 Å². The highest BCUT2D eigenvalue weighted by Crippen LogP contribution is 2.22. The van der Waals surface area contributed by atoms with E-state index in [9.17, 15) is 4.79 Å². The number of amides is 1. The zero-order valence-electron chi connectivity index (χ0n) is 13.7. The van der Waals surface area contributed by atoms with E-state index in [1.807, 2.05) is 18.1 Å². The van der Waals surface area contributed by atoms with E-state index in [2.05, 4.69) is 47.2 Å². The van der Waals surface area contributed by atoms with Crippen LogP contribution in [-0.2, 0) is 23.0 Å². The summed E-state index contributed by atoms with van der Waals surface area (Å²) in [6, 6.07) is 12.5. The minimum absolute atomic E-state index is 0.0172. The molecule has 1 saturated heterocycles. The van der Waals surface area contributed by atoms with Crippen molar-refractivity contribution in [2.24, 2.45) is 7.05 Å². The third-order valence-electron chi connectivity index (χ3n) is 4.21. The largest absolute Gasteiger partial charge is 0.379 e. The van der Waals surface area contributed by atoms with Crippen molar-refractivity contribution in [2.75, 3.05) is 26.3 Å². The number of ether oxygens (including phenoxy) is 1. The summed E-state index contributed by atoms with van der Waals surface area (Å²) in [6.07, 6.45) is 0.375. The van der Waals surface area contributed by atoms with E-state index in [-0.39, 0.29) is 5.91 Å². The number of hydrogen-bond donors (Lipinski definition) is 1. The number of nitrogens with zero attached hydrogens (tertiary/aromatic N) is 2. The monoisotopic (exact) mass is 313 g/mol. The molecule has 1 aliphatic heterocycles. The summed E-state index contributed by atoms with van der Waals surface area (Å²) in [5.74, 6) is 0.0172. The van der Waals surface area contributed by atoms with Gasteiger partial charge in [0.15, 0.2) is 0 Å². The van der Waals surface area contributed by atoms with Crippen LogP contribution < -0.4 is 5.43 Å². The zero-order valence-corrected chi connectivity index (χ0v) is 13.7. The number of carbonyl (C=O) groups is 1. The Morgan fingerprint density at radius 3 is 2.52 bits per heavy atom. The summed E-state index contributed by atoms with van der Waals surface area (Å²) in [5.41, 5.74) is 7.49. The van der Waals surface area contributed by atoms with Crippen LogP contribution in [0, 0.1) is 6.92 Å². The number of aromatic nitrogens is 1. The van der Waals surface area contributed by atoms with Gasteiger partial charge in [-0.1, -0.05) is 29.8 Å². The minimum Gasteiger partial charge on any atom is -0.379 e. The maximum absolute atomic E-state index is 12.2. The first kappa shape index (κ1) is 15.8. The van der Waals surface area contributed by atoms with Gasteiger partial charge in [0, 0.05) is 31.5 Å². The van der Waals surface area contributed by atoms with Gasteiger partial charge in [0.1, 0.15) is 0 Å². The van der Waals surface area contributed by atoms with Gasteiger partial charge in [-0.05, 0) is 24.6 Å². The van der Waals surface area contributed by atoms with Crippen LogP contribution in [-0.4, -0.2) is 41.8 Å². The average molecular weight is 313 g/mol. The lowest BCUT2D eigenvalue weighted by molar-refractivity contribution is -0.127. The van der Waals surface area contributed by atoms with Crippen LogP contribution in [0.1, 0.15) is 11.3 Å². The lowest BCUT2D eigenvalue weighted by Gasteiger charge is -2.26. The molecule has 2 aromatic rings. The molecule has 0 aliphatic carbocycles. The van der Waals surface area contributed by atoms with Crippen molar-refractivity contribution in [1.82, 2.24) is 15.0 Å². The van der Waals surface area contributed by atoms with Crippen molar-refractivity contribution in [3.05, 3.63) is 47.7 Å². The number of morpholine rings is 1. The third-order valence-corrected chi connectivity index (χ3v) is 4.21. The van der Waals surface area contributed by atoms with E-state index in [0.29, 0.717) is 19.6 Å². The fourth-order valence-corrected chi connectivity index (χ4v) is 2.80. The van der Waals surface area contributed by atoms with Gasteiger partial charge >= 0.3 is 0 Å². The van der Waals surface area contributed by atoms with Gasteiger partial charge in [-0.15, -0.1) is 0 Å². The molecule has 0 saturated carbocycles. The topological polar surface area (TPSA) is 46.5 Å². The molecule has 5 heteroatoms. The summed E-state index contributed by atoms with van der Waals surface area (Å²) in [6.45, 7) is 4.90. The Labute approximate surface area is 136 Å². The van der Waals surface area contributed by atoms with Gasteiger partial charge in [-0.25, -0.2) is 5.01 Å². The Kier molecular flexibility index (Phi) is 4.79. The molecule has 3 rings (SSSR count). The highest BCUT2D eigenvalue weighted by atomic mass is 16.5.